The quantitative estimate of drug-likeness (QED) is 0.701. The minimum atomic E-state index is 0.259. The van der Waals surface area contributed by atoms with Gasteiger partial charge in [0.2, 0.25) is 0 Å². The normalized spacial score (nSPS) is 17.7. The molecular weight excluding hydrogens is 232 g/mol. The van der Waals surface area contributed by atoms with Gasteiger partial charge in [-0.25, -0.2) is 0 Å². The third-order valence-electron chi connectivity index (χ3n) is 4.38. The van der Waals surface area contributed by atoms with Crippen LogP contribution in [0.3, 0.4) is 0 Å². The maximum absolute atomic E-state index is 5.52. The maximum Gasteiger partial charge on any atom is 0.0434 e. The Morgan fingerprint density at radius 1 is 0.947 bits per heavy atom. The van der Waals surface area contributed by atoms with Gasteiger partial charge in [-0.2, -0.15) is 0 Å². The number of hydrogen-bond acceptors (Lipinski definition) is 2. The smallest absolute Gasteiger partial charge is 0.0434 e. The Balaban J connectivity index is 1.83. The number of unbranched alkanes of at least 4 members (excludes halogenated alkanes) is 3. The van der Waals surface area contributed by atoms with E-state index < -0.39 is 0 Å². The molecule has 3 N–H and O–H groups in total. The van der Waals surface area contributed by atoms with Crippen molar-refractivity contribution in [3.63, 3.8) is 0 Å². The van der Waals surface area contributed by atoms with Crippen molar-refractivity contribution < 1.29 is 0 Å². The molecule has 0 unspecified atom stereocenters. The third kappa shape index (κ3) is 4.05. The molecule has 0 bridgehead atoms. The lowest BCUT2D eigenvalue weighted by Gasteiger charge is -2.31. The topological polar surface area (TPSA) is 38.0 Å². The highest BCUT2D eigenvalue weighted by Gasteiger charge is 2.34. The first-order valence-corrected chi connectivity index (χ1v) is 7.88. The molecular formula is C17H28N2. The summed E-state index contributed by atoms with van der Waals surface area (Å²) in [4.78, 5) is 0. The van der Waals surface area contributed by atoms with E-state index in [0.29, 0.717) is 0 Å². The van der Waals surface area contributed by atoms with Gasteiger partial charge in [-0.05, 0) is 44.3 Å². The van der Waals surface area contributed by atoms with Crippen LogP contribution in [0.2, 0.25) is 0 Å². The lowest BCUT2D eigenvalue weighted by Crippen LogP contribution is -2.40. The Kier molecular flexibility index (Phi) is 5.87. The zero-order chi connectivity index (χ0) is 13.4. The van der Waals surface area contributed by atoms with Crippen LogP contribution in [0.5, 0.6) is 0 Å². The highest BCUT2D eigenvalue weighted by Crippen LogP contribution is 2.38. The summed E-state index contributed by atoms with van der Waals surface area (Å²) in [5.74, 6) is 0. The van der Waals surface area contributed by atoms with Gasteiger partial charge >= 0.3 is 0 Å². The molecule has 0 atom stereocenters. The number of nitrogens with one attached hydrogen (secondary N) is 1. The molecule has 1 aromatic rings. The first kappa shape index (κ1) is 14.5. The molecule has 0 heterocycles. The van der Waals surface area contributed by atoms with Crippen molar-refractivity contribution in [2.24, 2.45) is 5.73 Å². The molecule has 2 nitrogen and oxygen atoms in total. The molecule has 0 spiro atoms. The summed E-state index contributed by atoms with van der Waals surface area (Å²) in [6.45, 7) is 1.97. The van der Waals surface area contributed by atoms with Crippen molar-refractivity contribution in [1.29, 1.82) is 0 Å². The van der Waals surface area contributed by atoms with Crippen LogP contribution in [-0.2, 0) is 5.54 Å². The third-order valence-corrected chi connectivity index (χ3v) is 4.38. The fraction of sp³-hybridized carbons (Fsp3) is 0.647. The molecule has 2 heteroatoms. The van der Waals surface area contributed by atoms with Crippen LogP contribution in [0.25, 0.3) is 0 Å². The van der Waals surface area contributed by atoms with Gasteiger partial charge in [-0.3, -0.25) is 0 Å². The number of rotatable bonds is 8. The van der Waals surface area contributed by atoms with Gasteiger partial charge in [0.25, 0.3) is 0 Å². The SMILES string of the molecule is NCCCCCCNC1(c2ccccc2)CCCC1. The van der Waals surface area contributed by atoms with Crippen LogP contribution in [0.4, 0.5) is 0 Å². The molecule has 1 saturated carbocycles. The number of benzene rings is 1. The number of hydrogen-bond donors (Lipinski definition) is 2. The van der Waals surface area contributed by atoms with Crippen LogP contribution < -0.4 is 11.1 Å². The van der Waals surface area contributed by atoms with Gasteiger partial charge in [0.05, 0.1) is 0 Å². The molecule has 1 aliphatic carbocycles. The summed E-state index contributed by atoms with van der Waals surface area (Å²) in [7, 11) is 0. The van der Waals surface area contributed by atoms with Crippen molar-refractivity contribution in [2.45, 2.75) is 56.9 Å². The fourth-order valence-electron chi connectivity index (χ4n) is 3.25. The van der Waals surface area contributed by atoms with E-state index >= 15 is 0 Å². The van der Waals surface area contributed by atoms with E-state index in [4.69, 9.17) is 5.73 Å². The molecule has 0 amide bonds. The van der Waals surface area contributed by atoms with Crippen LogP contribution in [-0.4, -0.2) is 13.1 Å². The number of nitrogens with two attached hydrogens (primary N) is 1. The average molecular weight is 260 g/mol. The molecule has 0 saturated heterocycles. The molecule has 0 aromatic heterocycles. The Hall–Kier alpha value is -0.860. The maximum atomic E-state index is 5.52. The summed E-state index contributed by atoms with van der Waals surface area (Å²) in [5.41, 5.74) is 7.26. The van der Waals surface area contributed by atoms with Gasteiger partial charge in [0.15, 0.2) is 0 Å². The second-order valence-corrected chi connectivity index (χ2v) is 5.78. The molecule has 0 radical (unpaired) electrons. The minimum Gasteiger partial charge on any atom is -0.330 e. The second kappa shape index (κ2) is 7.66. The van der Waals surface area contributed by atoms with E-state index in [1.54, 1.807) is 0 Å². The van der Waals surface area contributed by atoms with E-state index in [2.05, 4.69) is 35.6 Å². The molecule has 19 heavy (non-hydrogen) atoms. The van der Waals surface area contributed by atoms with E-state index in [1.165, 1.54) is 56.9 Å². The van der Waals surface area contributed by atoms with Crippen LogP contribution in [0.15, 0.2) is 30.3 Å². The van der Waals surface area contributed by atoms with Crippen molar-refractivity contribution in [3.05, 3.63) is 35.9 Å². The minimum absolute atomic E-state index is 0.259. The Bertz CT molecular complexity index is 342. The lowest BCUT2D eigenvalue weighted by atomic mass is 9.88. The first-order chi connectivity index (χ1) is 9.37. The monoisotopic (exact) mass is 260 g/mol. The zero-order valence-corrected chi connectivity index (χ0v) is 12.0. The summed E-state index contributed by atoms with van der Waals surface area (Å²) >= 11 is 0. The van der Waals surface area contributed by atoms with Gasteiger partial charge in [0.1, 0.15) is 0 Å². The Morgan fingerprint density at radius 3 is 2.32 bits per heavy atom. The van der Waals surface area contributed by atoms with Gasteiger partial charge in [0, 0.05) is 5.54 Å². The lowest BCUT2D eigenvalue weighted by molar-refractivity contribution is 0.337. The van der Waals surface area contributed by atoms with Crippen molar-refractivity contribution in [2.75, 3.05) is 13.1 Å². The molecule has 1 aliphatic rings. The molecule has 106 valence electrons. The van der Waals surface area contributed by atoms with Gasteiger partial charge in [-0.1, -0.05) is 56.0 Å². The van der Waals surface area contributed by atoms with Crippen LogP contribution >= 0.6 is 0 Å². The molecule has 0 aliphatic heterocycles. The Morgan fingerprint density at radius 2 is 1.63 bits per heavy atom. The summed E-state index contributed by atoms with van der Waals surface area (Å²) in [5, 5.41) is 3.86. The summed E-state index contributed by atoms with van der Waals surface area (Å²) < 4.78 is 0. The van der Waals surface area contributed by atoms with Crippen LogP contribution in [0.1, 0.15) is 56.9 Å². The Labute approximate surface area is 117 Å². The van der Waals surface area contributed by atoms with Crippen molar-refractivity contribution in [1.82, 2.24) is 5.32 Å². The highest BCUT2D eigenvalue weighted by molar-refractivity contribution is 5.25. The van der Waals surface area contributed by atoms with E-state index in [1.807, 2.05) is 0 Å². The molecule has 1 aromatic carbocycles. The highest BCUT2D eigenvalue weighted by atomic mass is 15.0. The van der Waals surface area contributed by atoms with Crippen molar-refractivity contribution >= 4 is 0 Å². The van der Waals surface area contributed by atoms with E-state index in [-0.39, 0.29) is 5.54 Å². The molecule has 1 fully saturated rings. The predicted octanol–water partition coefficient (Wildman–Crippen LogP) is 3.56. The summed E-state index contributed by atoms with van der Waals surface area (Å²) in [6.07, 6.45) is 10.3. The predicted molar refractivity (Wildman–Crippen MR) is 82.1 cm³/mol. The fourth-order valence-corrected chi connectivity index (χ4v) is 3.25. The van der Waals surface area contributed by atoms with E-state index in [9.17, 15) is 0 Å². The zero-order valence-electron chi connectivity index (χ0n) is 12.0. The van der Waals surface area contributed by atoms with Gasteiger partial charge in [-0.15, -0.1) is 0 Å². The summed E-state index contributed by atoms with van der Waals surface area (Å²) in [6, 6.07) is 11.0. The largest absolute Gasteiger partial charge is 0.330 e. The van der Waals surface area contributed by atoms with Crippen molar-refractivity contribution in [3.8, 4) is 0 Å². The van der Waals surface area contributed by atoms with Gasteiger partial charge < -0.3 is 11.1 Å². The first-order valence-electron chi connectivity index (χ1n) is 7.88. The van der Waals surface area contributed by atoms with Crippen LogP contribution in [0, 0.1) is 0 Å². The molecule has 2 rings (SSSR count). The average Bonchev–Trinajstić information content (AvgIpc) is 2.94. The standard InChI is InChI=1S/C17H28N2/c18-14-8-1-2-9-15-19-17(12-6-7-13-17)16-10-4-3-5-11-16/h3-5,10-11,19H,1-2,6-9,12-15,18H2. The van der Waals surface area contributed by atoms with E-state index in [0.717, 1.165) is 13.1 Å². The second-order valence-electron chi connectivity index (χ2n) is 5.78.